The highest BCUT2D eigenvalue weighted by Crippen LogP contribution is 2.38. The lowest BCUT2D eigenvalue weighted by Crippen LogP contribution is -2.22. The molecule has 0 bridgehead atoms. The Balaban J connectivity index is 1.23. The topological polar surface area (TPSA) is 108 Å². The number of hydrogen-bond acceptors (Lipinski definition) is 8. The van der Waals surface area contributed by atoms with Gasteiger partial charge in [-0.25, -0.2) is 9.97 Å². The molecular formula is C27H25ClN6O2S2. The molecule has 0 saturated carbocycles. The van der Waals surface area contributed by atoms with Crippen LogP contribution in [0.2, 0.25) is 5.02 Å². The van der Waals surface area contributed by atoms with Crippen LogP contribution < -0.4 is 21.3 Å². The molecule has 38 heavy (non-hydrogen) atoms. The Morgan fingerprint density at radius 3 is 1.92 bits per heavy atom. The third-order valence-electron chi connectivity index (χ3n) is 6.71. The van der Waals surface area contributed by atoms with Crippen molar-refractivity contribution in [3.05, 3.63) is 78.1 Å². The summed E-state index contributed by atoms with van der Waals surface area (Å²) in [4.78, 5) is 37.3. The van der Waals surface area contributed by atoms with Gasteiger partial charge in [0, 0.05) is 60.0 Å². The maximum atomic E-state index is 13.0. The quantitative estimate of drug-likeness (QED) is 0.271. The van der Waals surface area contributed by atoms with Gasteiger partial charge < -0.3 is 21.3 Å². The lowest BCUT2D eigenvalue weighted by Gasteiger charge is -2.15. The molecule has 4 aromatic rings. The number of fused-ring (bicyclic) bond motifs is 2. The van der Waals surface area contributed by atoms with Gasteiger partial charge in [0.05, 0.1) is 22.1 Å². The Bertz CT molecular complexity index is 1400. The van der Waals surface area contributed by atoms with Gasteiger partial charge >= 0.3 is 0 Å². The van der Waals surface area contributed by atoms with E-state index in [2.05, 4.69) is 31.2 Å². The molecule has 0 fully saturated rings. The monoisotopic (exact) mass is 564 g/mol. The number of amides is 2. The highest BCUT2D eigenvalue weighted by atomic mass is 35.5. The van der Waals surface area contributed by atoms with E-state index in [-0.39, 0.29) is 11.8 Å². The molecule has 194 valence electrons. The Morgan fingerprint density at radius 2 is 1.34 bits per heavy atom. The molecule has 2 aliphatic rings. The minimum absolute atomic E-state index is 0.224. The Hall–Kier alpha value is -3.15. The average molecular weight is 565 g/mol. The van der Waals surface area contributed by atoms with Crippen LogP contribution in [0.3, 0.4) is 0 Å². The van der Waals surface area contributed by atoms with Crippen LogP contribution in [0.4, 0.5) is 11.4 Å². The van der Waals surface area contributed by atoms with Gasteiger partial charge in [0.15, 0.2) is 10.0 Å². The van der Waals surface area contributed by atoms with Crippen molar-refractivity contribution >= 4 is 57.5 Å². The SMILES string of the molecule is Cc1c(NC(=O)c2nc3c(s2)CNCC3)cccc1-c1cccc(NC(=O)c2nc3c(s2)CNCC3)c1Cl. The molecule has 0 atom stereocenters. The molecule has 8 nitrogen and oxygen atoms in total. The number of rotatable bonds is 5. The van der Waals surface area contributed by atoms with E-state index in [9.17, 15) is 9.59 Å². The van der Waals surface area contributed by atoms with Gasteiger partial charge in [-0.2, -0.15) is 0 Å². The van der Waals surface area contributed by atoms with Gasteiger partial charge in [0.25, 0.3) is 11.8 Å². The van der Waals surface area contributed by atoms with Crippen LogP contribution >= 0.6 is 34.3 Å². The van der Waals surface area contributed by atoms with E-state index in [0.29, 0.717) is 26.4 Å². The number of thiazole rings is 2. The third-order valence-corrected chi connectivity index (χ3v) is 9.31. The first kappa shape index (κ1) is 25.1. The van der Waals surface area contributed by atoms with Crippen molar-refractivity contribution in [1.82, 2.24) is 20.6 Å². The molecule has 2 aromatic carbocycles. The Morgan fingerprint density at radius 1 is 0.816 bits per heavy atom. The molecule has 2 aliphatic heterocycles. The standard InChI is InChI=1S/C27H25ClN6O2S2/c1-14-15(4-2-6-17(14)31-24(35)26-33-18-8-10-29-12-21(18)37-26)16-5-3-7-20(23(16)28)32-25(36)27-34-19-9-11-30-13-22(19)38-27/h2-7,29-30H,8-13H2,1H3,(H,31,35)(H,32,36). The van der Waals surface area contributed by atoms with Crippen LogP contribution in [0, 0.1) is 6.92 Å². The van der Waals surface area contributed by atoms with Gasteiger partial charge in [-0.3, -0.25) is 9.59 Å². The number of anilines is 2. The van der Waals surface area contributed by atoms with Crippen molar-refractivity contribution in [2.75, 3.05) is 23.7 Å². The number of aromatic nitrogens is 2. The molecule has 4 heterocycles. The van der Waals surface area contributed by atoms with Crippen molar-refractivity contribution in [2.24, 2.45) is 0 Å². The normalized spacial score (nSPS) is 14.5. The molecule has 2 amide bonds. The van der Waals surface area contributed by atoms with Crippen LogP contribution in [0.15, 0.2) is 36.4 Å². The summed E-state index contributed by atoms with van der Waals surface area (Å²) in [5.74, 6) is -0.499. The van der Waals surface area contributed by atoms with E-state index >= 15 is 0 Å². The second-order valence-electron chi connectivity index (χ2n) is 9.18. The summed E-state index contributed by atoms with van der Waals surface area (Å²) in [6.45, 7) is 5.18. The molecule has 0 saturated heterocycles. The summed E-state index contributed by atoms with van der Waals surface area (Å²) in [5.41, 5.74) is 5.68. The van der Waals surface area contributed by atoms with E-state index in [1.807, 2.05) is 37.3 Å². The van der Waals surface area contributed by atoms with Gasteiger partial charge in [-0.1, -0.05) is 35.9 Å². The number of benzene rings is 2. The number of carbonyl (C=O) groups is 2. The minimum Gasteiger partial charge on any atom is -0.320 e. The van der Waals surface area contributed by atoms with Crippen molar-refractivity contribution in [2.45, 2.75) is 32.9 Å². The molecule has 0 spiro atoms. The van der Waals surface area contributed by atoms with Gasteiger partial charge in [-0.15, -0.1) is 22.7 Å². The number of nitrogens with zero attached hydrogens (tertiary/aromatic N) is 2. The zero-order chi connectivity index (χ0) is 26.2. The fourth-order valence-corrected chi connectivity index (χ4v) is 6.92. The first-order chi connectivity index (χ1) is 18.5. The molecule has 6 rings (SSSR count). The zero-order valence-electron chi connectivity index (χ0n) is 20.6. The minimum atomic E-state index is -0.275. The first-order valence-corrected chi connectivity index (χ1v) is 14.4. The average Bonchev–Trinajstić information content (AvgIpc) is 3.56. The van der Waals surface area contributed by atoms with Crippen LogP contribution in [-0.2, 0) is 25.9 Å². The number of carbonyl (C=O) groups excluding carboxylic acids is 2. The highest BCUT2D eigenvalue weighted by Gasteiger charge is 2.22. The second kappa shape index (κ2) is 10.5. The smallest absolute Gasteiger partial charge is 0.284 e. The maximum absolute atomic E-state index is 13.0. The van der Waals surface area contributed by atoms with E-state index in [4.69, 9.17) is 11.6 Å². The van der Waals surface area contributed by atoms with Crippen molar-refractivity contribution < 1.29 is 9.59 Å². The van der Waals surface area contributed by atoms with Crippen LogP contribution in [-0.4, -0.2) is 34.9 Å². The first-order valence-electron chi connectivity index (χ1n) is 12.4. The second-order valence-corrected chi connectivity index (χ2v) is 11.7. The lowest BCUT2D eigenvalue weighted by molar-refractivity contribution is 0.101. The van der Waals surface area contributed by atoms with Gasteiger partial charge in [0.1, 0.15) is 0 Å². The molecule has 4 N–H and O–H groups in total. The molecule has 0 radical (unpaired) electrons. The summed E-state index contributed by atoms with van der Waals surface area (Å²) in [6, 6.07) is 11.2. The van der Waals surface area contributed by atoms with Crippen LogP contribution in [0.1, 0.15) is 46.3 Å². The highest BCUT2D eigenvalue weighted by molar-refractivity contribution is 7.14. The van der Waals surface area contributed by atoms with E-state index < -0.39 is 0 Å². The van der Waals surface area contributed by atoms with Crippen molar-refractivity contribution in [1.29, 1.82) is 0 Å². The van der Waals surface area contributed by atoms with Crippen LogP contribution in [0.5, 0.6) is 0 Å². The van der Waals surface area contributed by atoms with E-state index in [1.54, 1.807) is 6.07 Å². The predicted octanol–water partition coefficient (Wildman–Crippen LogP) is 5.02. The van der Waals surface area contributed by atoms with E-state index in [1.165, 1.54) is 22.7 Å². The van der Waals surface area contributed by atoms with Crippen molar-refractivity contribution in [3.8, 4) is 11.1 Å². The summed E-state index contributed by atoms with van der Waals surface area (Å²) in [5, 5.41) is 13.9. The molecular weight excluding hydrogens is 540 g/mol. The summed E-state index contributed by atoms with van der Waals surface area (Å²) in [6.07, 6.45) is 1.66. The molecule has 0 aliphatic carbocycles. The van der Waals surface area contributed by atoms with E-state index in [0.717, 1.165) is 76.9 Å². The summed E-state index contributed by atoms with van der Waals surface area (Å²) >= 11 is 9.66. The number of halogens is 1. The fraction of sp³-hybridized carbons (Fsp3) is 0.259. The Kier molecular flexibility index (Phi) is 6.98. The largest absolute Gasteiger partial charge is 0.320 e. The van der Waals surface area contributed by atoms with Crippen molar-refractivity contribution in [3.63, 3.8) is 0 Å². The Labute approximate surface area is 232 Å². The summed E-state index contributed by atoms with van der Waals surface area (Å²) in [7, 11) is 0. The molecule has 0 unspecified atom stereocenters. The maximum Gasteiger partial charge on any atom is 0.284 e. The molecule has 11 heteroatoms. The van der Waals surface area contributed by atoms with Gasteiger partial charge in [-0.05, 0) is 30.2 Å². The fourth-order valence-electron chi connectivity index (χ4n) is 4.70. The molecule has 2 aromatic heterocycles. The van der Waals surface area contributed by atoms with Gasteiger partial charge in [0.2, 0.25) is 0 Å². The number of nitrogens with one attached hydrogen (secondary N) is 4. The summed E-state index contributed by atoms with van der Waals surface area (Å²) < 4.78 is 0. The zero-order valence-corrected chi connectivity index (χ0v) is 23.0. The van der Waals surface area contributed by atoms with Crippen LogP contribution in [0.25, 0.3) is 11.1 Å². The predicted molar refractivity (Wildman–Crippen MR) is 153 cm³/mol. The third kappa shape index (κ3) is 4.85. The lowest BCUT2D eigenvalue weighted by atomic mass is 9.98. The number of hydrogen-bond donors (Lipinski definition) is 4.